The van der Waals surface area contributed by atoms with Crippen molar-refractivity contribution >= 4 is 49.8 Å². The first-order chi connectivity index (χ1) is 10.0. The lowest BCUT2D eigenvalue weighted by Gasteiger charge is -2.18. The first-order valence-corrected chi connectivity index (χ1v) is 12.3. The first kappa shape index (κ1) is 24.8. The van der Waals surface area contributed by atoms with Crippen molar-refractivity contribution in [2.45, 2.75) is 44.6 Å². The third-order valence-corrected chi connectivity index (χ3v) is 2.89. The Morgan fingerprint density at radius 2 is 1.82 bits per heavy atom. The third kappa shape index (κ3) is 7.42. The molecule has 1 rings (SSSR count). The van der Waals surface area contributed by atoms with E-state index in [1.54, 1.807) is 0 Å². The molecule has 0 spiro atoms. The number of aliphatic hydroxyl groups is 4. The maximum atomic E-state index is 10.6. The van der Waals surface area contributed by atoms with Crippen LogP contribution in [0.25, 0.3) is 0 Å². The summed E-state index contributed by atoms with van der Waals surface area (Å²) < 4.78 is 10.2. The molecule has 1 aliphatic rings. The predicted octanol–water partition coefficient (Wildman–Crippen LogP) is -0.386. The Morgan fingerprint density at radius 1 is 1.23 bits per heavy atom. The van der Waals surface area contributed by atoms with Gasteiger partial charge in [0.1, 0.15) is 37.0 Å². The minimum Gasteiger partial charge on any atom is -0.394 e. The zero-order chi connectivity index (χ0) is 16.4. The van der Waals surface area contributed by atoms with E-state index in [9.17, 15) is 24.9 Å². The van der Waals surface area contributed by atoms with Crippen molar-refractivity contribution in [3.8, 4) is 0 Å². The van der Waals surface area contributed by atoms with Crippen molar-refractivity contribution in [3.05, 3.63) is 0 Å². The number of rotatable bonds is 8. The van der Waals surface area contributed by atoms with E-state index in [0.717, 1.165) is 0 Å². The van der Waals surface area contributed by atoms with Crippen molar-refractivity contribution in [2.24, 2.45) is 5.92 Å². The molecule has 1 heterocycles. The number of carbonyl (C=O) groups is 2. The van der Waals surface area contributed by atoms with Gasteiger partial charge in [-0.15, -0.1) is 0 Å². The lowest BCUT2D eigenvalue weighted by molar-refractivity contribution is -0.185. The maximum Gasteiger partial charge on any atom is 0.186 e. The summed E-state index contributed by atoms with van der Waals surface area (Å²) in [6.07, 6.45) is -5.47. The highest BCUT2D eigenvalue weighted by Crippen LogP contribution is 2.25. The molecule has 132 valence electrons. The summed E-state index contributed by atoms with van der Waals surface area (Å²) in [5, 5.41) is 37.4. The second-order valence-electron chi connectivity index (χ2n) is 4.33. The molecule has 0 aromatic heterocycles. The summed E-state index contributed by atoms with van der Waals surface area (Å²) in [5.41, 5.74) is 0. The quantitative estimate of drug-likeness (QED) is 0.239. The van der Waals surface area contributed by atoms with Gasteiger partial charge < -0.3 is 39.5 Å². The SMILES string of the molecule is C.II.O=CCC(C=O)COC1OC(C(O)CO)C(O)C1O. The van der Waals surface area contributed by atoms with Crippen LogP contribution in [0.1, 0.15) is 13.8 Å². The summed E-state index contributed by atoms with van der Waals surface area (Å²) in [6.45, 7) is -0.790. The fourth-order valence-corrected chi connectivity index (χ4v) is 1.74. The van der Waals surface area contributed by atoms with Crippen molar-refractivity contribution < 1.29 is 39.5 Å². The van der Waals surface area contributed by atoms with Crippen LogP contribution in [0, 0.1) is 5.92 Å². The maximum absolute atomic E-state index is 10.6. The third-order valence-electron chi connectivity index (χ3n) is 2.89. The fraction of sp³-hybridized carbons (Fsp3) is 0.833. The molecule has 4 N–H and O–H groups in total. The van der Waals surface area contributed by atoms with Crippen LogP contribution in [0.4, 0.5) is 0 Å². The second-order valence-corrected chi connectivity index (χ2v) is 4.33. The second kappa shape index (κ2) is 13.9. The molecule has 0 bridgehead atoms. The molecule has 6 atom stereocenters. The van der Waals surface area contributed by atoms with Gasteiger partial charge in [-0.1, -0.05) is 7.43 Å². The van der Waals surface area contributed by atoms with Crippen LogP contribution in [-0.2, 0) is 19.1 Å². The molecule has 6 unspecified atom stereocenters. The number of ether oxygens (including phenoxy) is 2. The highest BCUT2D eigenvalue weighted by Gasteiger charge is 2.46. The average Bonchev–Trinajstić information content (AvgIpc) is 2.80. The molecule has 22 heavy (non-hydrogen) atoms. The van der Waals surface area contributed by atoms with Crippen LogP contribution >= 0.6 is 37.2 Å². The molecule has 8 nitrogen and oxygen atoms in total. The van der Waals surface area contributed by atoms with E-state index in [0.29, 0.717) is 12.6 Å². The number of hydrogen-bond donors (Lipinski definition) is 4. The van der Waals surface area contributed by atoms with E-state index in [1.165, 1.54) is 0 Å². The van der Waals surface area contributed by atoms with Gasteiger partial charge >= 0.3 is 0 Å². The Bertz CT molecular complexity index is 307. The van der Waals surface area contributed by atoms with Crippen molar-refractivity contribution in [3.63, 3.8) is 0 Å². The molecular formula is C12H22I2O8. The molecule has 0 radical (unpaired) electrons. The zero-order valence-electron chi connectivity index (χ0n) is 10.9. The van der Waals surface area contributed by atoms with Crippen LogP contribution in [-0.4, -0.2) is 76.9 Å². The molecule has 1 fully saturated rings. The molecular weight excluding hydrogens is 526 g/mol. The highest BCUT2D eigenvalue weighted by molar-refractivity contribution is 15.0. The Morgan fingerprint density at radius 3 is 2.27 bits per heavy atom. The number of aliphatic hydroxyl groups excluding tert-OH is 4. The van der Waals surface area contributed by atoms with Gasteiger partial charge in [-0.3, -0.25) is 0 Å². The minimum absolute atomic E-state index is 0. The van der Waals surface area contributed by atoms with Gasteiger partial charge in [0.25, 0.3) is 0 Å². The molecule has 1 saturated heterocycles. The lowest BCUT2D eigenvalue weighted by Crippen LogP contribution is -2.40. The minimum atomic E-state index is -1.41. The van der Waals surface area contributed by atoms with E-state index >= 15 is 0 Å². The van der Waals surface area contributed by atoms with E-state index in [-0.39, 0.29) is 20.5 Å². The van der Waals surface area contributed by atoms with E-state index in [2.05, 4.69) is 37.2 Å². The van der Waals surface area contributed by atoms with Gasteiger partial charge in [0, 0.05) is 49.6 Å². The van der Waals surface area contributed by atoms with Crippen LogP contribution in [0.3, 0.4) is 0 Å². The largest absolute Gasteiger partial charge is 0.394 e. The van der Waals surface area contributed by atoms with Crippen LogP contribution in [0.15, 0.2) is 0 Å². The molecule has 1 aliphatic heterocycles. The molecule has 0 saturated carbocycles. The summed E-state index contributed by atoms with van der Waals surface area (Å²) in [7, 11) is 0. The van der Waals surface area contributed by atoms with Crippen molar-refractivity contribution in [1.82, 2.24) is 0 Å². The standard InChI is InChI=1S/C11H18O8.CH4.I2/c12-2-1-6(3-13)5-18-11-9(17)8(16)10(19-11)7(15)4-14;;1-2/h2-3,6-11,14-17H,1,4-5H2;1H4;. The number of carbonyl (C=O) groups excluding carboxylic acids is 2. The number of halogens is 2. The summed E-state index contributed by atoms with van der Waals surface area (Å²) >= 11 is 4.24. The van der Waals surface area contributed by atoms with E-state index in [1.807, 2.05) is 0 Å². The van der Waals surface area contributed by atoms with Crippen LogP contribution in [0.2, 0.25) is 0 Å². The Labute approximate surface area is 152 Å². The Balaban J connectivity index is 0. The first-order valence-electron chi connectivity index (χ1n) is 6.00. The van der Waals surface area contributed by atoms with Gasteiger partial charge in [-0.05, 0) is 0 Å². The van der Waals surface area contributed by atoms with Crippen LogP contribution in [0.5, 0.6) is 0 Å². The normalized spacial score (nSPS) is 29.5. The van der Waals surface area contributed by atoms with Gasteiger partial charge in [0.2, 0.25) is 0 Å². The topological polar surface area (TPSA) is 134 Å². The summed E-state index contributed by atoms with van der Waals surface area (Å²) in [6, 6.07) is 0. The van der Waals surface area contributed by atoms with Crippen LogP contribution < -0.4 is 0 Å². The van der Waals surface area contributed by atoms with Crippen molar-refractivity contribution in [1.29, 1.82) is 0 Å². The monoisotopic (exact) mass is 548 g/mol. The molecule has 0 aromatic carbocycles. The van der Waals surface area contributed by atoms with E-state index < -0.39 is 43.2 Å². The van der Waals surface area contributed by atoms with Gasteiger partial charge in [-0.25, -0.2) is 0 Å². The van der Waals surface area contributed by atoms with Gasteiger partial charge in [0.15, 0.2) is 6.29 Å². The molecule has 10 heteroatoms. The Kier molecular flexibility index (Phi) is 15.7. The van der Waals surface area contributed by atoms with E-state index in [4.69, 9.17) is 14.6 Å². The molecule has 0 aliphatic carbocycles. The predicted molar refractivity (Wildman–Crippen MR) is 94.7 cm³/mol. The van der Waals surface area contributed by atoms with Gasteiger partial charge in [0.05, 0.1) is 13.2 Å². The molecule has 0 aromatic rings. The van der Waals surface area contributed by atoms with Crippen molar-refractivity contribution in [2.75, 3.05) is 13.2 Å². The fourth-order valence-electron chi connectivity index (χ4n) is 1.74. The lowest BCUT2D eigenvalue weighted by atomic mass is 10.1. The summed E-state index contributed by atoms with van der Waals surface area (Å²) in [5.74, 6) is -0.660. The summed E-state index contributed by atoms with van der Waals surface area (Å²) in [4.78, 5) is 20.9. The Hall–Kier alpha value is 0.560. The number of hydrogen-bond acceptors (Lipinski definition) is 8. The smallest absolute Gasteiger partial charge is 0.186 e. The van der Waals surface area contributed by atoms with Gasteiger partial charge in [-0.2, -0.15) is 0 Å². The number of aldehydes is 2. The highest BCUT2D eigenvalue weighted by atomic mass is 128. The zero-order valence-corrected chi connectivity index (χ0v) is 15.2. The molecule has 0 amide bonds. The average molecular weight is 548 g/mol.